The Labute approximate surface area is 90.4 Å². The van der Waals surface area contributed by atoms with Crippen LogP contribution in [0, 0.1) is 0 Å². The third-order valence-electron chi connectivity index (χ3n) is 1.87. The molecule has 1 rings (SSSR count). The van der Waals surface area contributed by atoms with E-state index < -0.39 is 0 Å². The molecule has 0 bridgehead atoms. The molecule has 0 aliphatic rings. The molecule has 3 heteroatoms. The average molecular weight is 207 g/mol. The Hall–Kier alpha value is -1.51. The lowest BCUT2D eigenvalue weighted by atomic mass is 10.2. The van der Waals surface area contributed by atoms with Gasteiger partial charge in [-0.2, -0.15) is 0 Å². The van der Waals surface area contributed by atoms with E-state index in [2.05, 4.69) is 5.32 Å². The lowest BCUT2D eigenvalue weighted by Crippen LogP contribution is -2.31. The first-order valence-corrected chi connectivity index (χ1v) is 5.15. The smallest absolute Gasteiger partial charge is 0.407 e. The average Bonchev–Trinajstić information content (AvgIpc) is 2.18. The van der Waals surface area contributed by atoms with Gasteiger partial charge in [-0.15, -0.1) is 0 Å². The van der Waals surface area contributed by atoms with E-state index in [0.717, 1.165) is 6.42 Å². The van der Waals surface area contributed by atoms with Gasteiger partial charge in [0.15, 0.2) is 0 Å². The van der Waals surface area contributed by atoms with Crippen LogP contribution >= 0.6 is 0 Å². The summed E-state index contributed by atoms with van der Waals surface area (Å²) in [5, 5.41) is 2.67. The van der Waals surface area contributed by atoms with Gasteiger partial charge in [0.05, 0.1) is 6.61 Å². The fraction of sp³-hybridized carbons (Fsp3) is 0.417. The van der Waals surface area contributed by atoms with Crippen molar-refractivity contribution in [3.8, 4) is 0 Å². The van der Waals surface area contributed by atoms with E-state index in [1.807, 2.05) is 44.2 Å². The van der Waals surface area contributed by atoms with Gasteiger partial charge in [0.25, 0.3) is 0 Å². The summed E-state index contributed by atoms with van der Waals surface area (Å²) in [5.74, 6) is 0. The summed E-state index contributed by atoms with van der Waals surface area (Å²) in [5.41, 5.74) is 1.18. The van der Waals surface area contributed by atoms with Crippen molar-refractivity contribution in [2.75, 3.05) is 6.61 Å². The monoisotopic (exact) mass is 207 g/mol. The maximum absolute atomic E-state index is 11.1. The Kier molecular flexibility index (Phi) is 4.68. The summed E-state index contributed by atoms with van der Waals surface area (Å²) >= 11 is 0. The van der Waals surface area contributed by atoms with Crippen LogP contribution in [0.3, 0.4) is 0 Å². The van der Waals surface area contributed by atoms with Gasteiger partial charge in [0.2, 0.25) is 0 Å². The molecule has 0 saturated heterocycles. The number of benzene rings is 1. The first kappa shape index (κ1) is 11.6. The molecule has 0 unspecified atom stereocenters. The summed E-state index contributed by atoms with van der Waals surface area (Å²) in [6.07, 6.45) is 0.410. The lowest BCUT2D eigenvalue weighted by molar-refractivity contribution is 0.145. The highest BCUT2D eigenvalue weighted by Gasteiger charge is 2.02. The van der Waals surface area contributed by atoms with Crippen LogP contribution in [0.25, 0.3) is 0 Å². The van der Waals surface area contributed by atoms with E-state index in [-0.39, 0.29) is 12.1 Å². The van der Waals surface area contributed by atoms with Crippen LogP contribution in [-0.2, 0) is 11.2 Å². The lowest BCUT2D eigenvalue weighted by Gasteiger charge is -2.09. The maximum Gasteiger partial charge on any atom is 0.407 e. The van der Waals surface area contributed by atoms with E-state index in [4.69, 9.17) is 4.74 Å². The topological polar surface area (TPSA) is 38.3 Å². The van der Waals surface area contributed by atoms with E-state index in [9.17, 15) is 4.79 Å². The van der Waals surface area contributed by atoms with E-state index in [1.54, 1.807) is 0 Å². The molecule has 15 heavy (non-hydrogen) atoms. The van der Waals surface area contributed by atoms with E-state index in [1.165, 1.54) is 5.56 Å². The summed E-state index contributed by atoms with van der Waals surface area (Å²) in [6, 6.07) is 10.1. The van der Waals surface area contributed by atoms with Crippen molar-refractivity contribution < 1.29 is 9.53 Å². The zero-order valence-electron chi connectivity index (χ0n) is 9.19. The molecule has 1 aromatic carbocycles. The molecule has 0 radical (unpaired) electrons. The van der Waals surface area contributed by atoms with Crippen LogP contribution in [0.15, 0.2) is 30.3 Å². The van der Waals surface area contributed by atoms with Crippen molar-refractivity contribution >= 4 is 6.09 Å². The van der Waals surface area contributed by atoms with Gasteiger partial charge in [-0.05, 0) is 19.4 Å². The van der Waals surface area contributed by atoms with Crippen molar-refractivity contribution in [1.82, 2.24) is 5.32 Å². The molecule has 0 fully saturated rings. The summed E-state index contributed by atoms with van der Waals surface area (Å²) in [7, 11) is 0. The number of alkyl carbamates (subject to hydrolysis) is 1. The van der Waals surface area contributed by atoms with Crippen LogP contribution in [0.4, 0.5) is 4.79 Å². The third-order valence-corrected chi connectivity index (χ3v) is 1.87. The minimum absolute atomic E-state index is 0.120. The van der Waals surface area contributed by atoms with E-state index >= 15 is 0 Å². The molecule has 0 aliphatic carbocycles. The number of carbonyl (C=O) groups excluding carboxylic acids is 1. The van der Waals surface area contributed by atoms with Crippen molar-refractivity contribution in [2.45, 2.75) is 26.3 Å². The second-order valence-electron chi connectivity index (χ2n) is 3.67. The normalized spacial score (nSPS) is 10.1. The van der Waals surface area contributed by atoms with Gasteiger partial charge in [-0.25, -0.2) is 4.79 Å². The largest absolute Gasteiger partial charge is 0.449 e. The Bertz CT molecular complexity index is 296. The fourth-order valence-corrected chi connectivity index (χ4v) is 1.18. The first-order valence-electron chi connectivity index (χ1n) is 5.15. The van der Waals surface area contributed by atoms with Crippen molar-refractivity contribution in [2.24, 2.45) is 0 Å². The van der Waals surface area contributed by atoms with Crippen molar-refractivity contribution in [3.63, 3.8) is 0 Å². The molecule has 0 aromatic heterocycles. The molecule has 0 spiro atoms. The van der Waals surface area contributed by atoms with Gasteiger partial charge < -0.3 is 10.1 Å². The highest BCUT2D eigenvalue weighted by atomic mass is 16.5. The van der Waals surface area contributed by atoms with Gasteiger partial charge in [0, 0.05) is 12.5 Å². The Balaban J connectivity index is 2.19. The SMILES string of the molecule is CC(C)NC(=O)OCCc1ccccc1. The van der Waals surface area contributed by atoms with Gasteiger partial charge >= 0.3 is 6.09 Å². The predicted molar refractivity (Wildman–Crippen MR) is 59.8 cm³/mol. The number of carbonyl (C=O) groups is 1. The van der Waals surface area contributed by atoms with Crippen LogP contribution in [0.5, 0.6) is 0 Å². The minimum atomic E-state index is -0.346. The zero-order valence-corrected chi connectivity index (χ0v) is 9.19. The maximum atomic E-state index is 11.1. The number of hydrogen-bond acceptors (Lipinski definition) is 2. The predicted octanol–water partition coefficient (Wildman–Crippen LogP) is 2.36. The van der Waals surface area contributed by atoms with Gasteiger partial charge in [0.1, 0.15) is 0 Å². The molecular weight excluding hydrogens is 190 g/mol. The van der Waals surface area contributed by atoms with Crippen LogP contribution < -0.4 is 5.32 Å². The highest BCUT2D eigenvalue weighted by molar-refractivity contribution is 5.67. The Morgan fingerprint density at radius 2 is 2.00 bits per heavy atom. The first-order chi connectivity index (χ1) is 7.18. The molecule has 0 heterocycles. The second kappa shape index (κ2) is 6.06. The van der Waals surface area contributed by atoms with Crippen molar-refractivity contribution in [1.29, 1.82) is 0 Å². The standard InChI is InChI=1S/C12H17NO2/c1-10(2)13-12(14)15-9-8-11-6-4-3-5-7-11/h3-7,10H,8-9H2,1-2H3,(H,13,14). The molecule has 0 saturated carbocycles. The van der Waals surface area contributed by atoms with Crippen molar-refractivity contribution in [3.05, 3.63) is 35.9 Å². The van der Waals surface area contributed by atoms with Gasteiger partial charge in [-0.1, -0.05) is 30.3 Å². The Morgan fingerprint density at radius 3 is 2.60 bits per heavy atom. The molecule has 1 aromatic rings. The molecule has 82 valence electrons. The van der Waals surface area contributed by atoms with E-state index in [0.29, 0.717) is 6.61 Å². The van der Waals surface area contributed by atoms with Crippen LogP contribution in [-0.4, -0.2) is 18.7 Å². The second-order valence-corrected chi connectivity index (χ2v) is 3.67. The number of hydrogen-bond donors (Lipinski definition) is 1. The number of ether oxygens (including phenoxy) is 1. The quantitative estimate of drug-likeness (QED) is 0.823. The molecule has 0 aliphatic heterocycles. The fourth-order valence-electron chi connectivity index (χ4n) is 1.18. The zero-order chi connectivity index (χ0) is 11.1. The molecule has 1 N–H and O–H groups in total. The molecule has 1 amide bonds. The third kappa shape index (κ3) is 5.05. The summed E-state index contributed by atoms with van der Waals surface area (Å²) in [6.45, 7) is 4.22. The van der Waals surface area contributed by atoms with Crippen LogP contribution in [0.2, 0.25) is 0 Å². The Morgan fingerprint density at radius 1 is 1.33 bits per heavy atom. The molecule has 0 atom stereocenters. The van der Waals surface area contributed by atoms with Crippen LogP contribution in [0.1, 0.15) is 19.4 Å². The highest BCUT2D eigenvalue weighted by Crippen LogP contribution is 1.99. The molecular formula is C12H17NO2. The summed E-state index contributed by atoms with van der Waals surface area (Å²) in [4.78, 5) is 11.1. The number of amides is 1. The number of nitrogens with one attached hydrogen (secondary N) is 1. The summed E-state index contributed by atoms with van der Waals surface area (Å²) < 4.78 is 5.01. The van der Waals surface area contributed by atoms with Gasteiger partial charge in [-0.3, -0.25) is 0 Å². The molecule has 3 nitrogen and oxygen atoms in total. The number of rotatable bonds is 4. The minimum Gasteiger partial charge on any atom is -0.449 e.